The zero-order valence-electron chi connectivity index (χ0n) is 41.6. The minimum Gasteiger partial charge on any atom is -0.477 e. The number of hydrogen-bond acceptors (Lipinski definition) is 18. The highest BCUT2D eigenvalue weighted by Gasteiger charge is 2.39. The summed E-state index contributed by atoms with van der Waals surface area (Å²) in [5, 5.41) is 45.1. The minimum absolute atomic E-state index is 0.0320. The van der Waals surface area contributed by atoms with E-state index in [-0.39, 0.29) is 82.8 Å². The van der Waals surface area contributed by atoms with E-state index < -0.39 is 120 Å². The Bertz CT molecular complexity index is 2120. The number of unbranched alkanes of at least 4 members (excludes halogenated alkanes) is 2. The highest BCUT2D eigenvalue weighted by molar-refractivity contribution is 6.40. The van der Waals surface area contributed by atoms with Crippen LogP contribution in [0.15, 0.2) is 34.3 Å². The van der Waals surface area contributed by atoms with Gasteiger partial charge in [-0.1, -0.05) is 12.5 Å². The van der Waals surface area contributed by atoms with E-state index in [4.69, 9.17) is 40.1 Å². The number of nitrogens with zero attached hydrogens (tertiary/aromatic N) is 4. The van der Waals surface area contributed by atoms with Crippen molar-refractivity contribution < 1.29 is 58.5 Å². The predicted molar refractivity (Wildman–Crippen MR) is 268 cm³/mol. The molecule has 0 aromatic carbocycles. The molecule has 0 saturated carbocycles. The Morgan fingerprint density at radius 1 is 0.838 bits per heavy atom. The maximum atomic E-state index is 14.1. The van der Waals surface area contributed by atoms with Crippen molar-refractivity contribution >= 4 is 64.9 Å². The van der Waals surface area contributed by atoms with Crippen molar-refractivity contribution in [3.8, 4) is 0 Å². The summed E-state index contributed by atoms with van der Waals surface area (Å²) in [4.78, 5) is 136. The van der Waals surface area contributed by atoms with Crippen molar-refractivity contribution in [2.24, 2.45) is 50.1 Å². The monoisotopic (exact) mass is 1050 g/mol. The van der Waals surface area contributed by atoms with Crippen molar-refractivity contribution in [1.82, 2.24) is 46.8 Å². The Morgan fingerprint density at radius 2 is 1.50 bits per heavy atom. The number of H-pyrrole nitrogens is 1. The number of aliphatic carboxylic acids is 1. The largest absolute Gasteiger partial charge is 0.477 e. The molecular formula is C44H76N18O12. The van der Waals surface area contributed by atoms with E-state index in [1.807, 2.05) is 0 Å². The van der Waals surface area contributed by atoms with E-state index >= 15 is 0 Å². The van der Waals surface area contributed by atoms with Crippen molar-refractivity contribution in [1.29, 1.82) is 0 Å². The molecule has 74 heavy (non-hydrogen) atoms. The van der Waals surface area contributed by atoms with Crippen LogP contribution < -0.4 is 72.0 Å². The number of aliphatic hydroxyl groups is 2. The van der Waals surface area contributed by atoms with Gasteiger partial charge in [-0.25, -0.2) is 14.8 Å². The third kappa shape index (κ3) is 22.0. The van der Waals surface area contributed by atoms with Crippen molar-refractivity contribution in [3.05, 3.63) is 30.0 Å². The van der Waals surface area contributed by atoms with Gasteiger partial charge in [-0.2, -0.15) is 0 Å². The van der Waals surface area contributed by atoms with E-state index in [0.717, 1.165) is 6.92 Å². The average molecular weight is 1050 g/mol. The number of hydrogen-bond donors (Lipinski definition) is 17. The first-order valence-corrected chi connectivity index (χ1v) is 24.3. The molecule has 0 unspecified atom stereocenters. The second kappa shape index (κ2) is 33.7. The number of carboxylic acid groups (broad SMARTS) is 1. The summed E-state index contributed by atoms with van der Waals surface area (Å²) in [6.45, 7) is 0.598. The smallest absolute Gasteiger partial charge is 0.352 e. The molecule has 2 heterocycles. The van der Waals surface area contributed by atoms with Crippen LogP contribution in [0.1, 0.15) is 83.2 Å². The number of rotatable bonds is 34. The average Bonchev–Trinajstić information content (AvgIpc) is 4.08. The lowest BCUT2D eigenvalue weighted by atomic mass is 10.1. The quantitative estimate of drug-likeness (QED) is 0.0132. The second-order valence-corrected chi connectivity index (χ2v) is 17.3. The number of aromatic nitrogens is 2. The van der Waals surface area contributed by atoms with E-state index in [0.29, 0.717) is 44.3 Å². The zero-order chi connectivity index (χ0) is 55.3. The molecular weight excluding hydrogens is 973 g/mol. The van der Waals surface area contributed by atoms with E-state index in [2.05, 4.69) is 51.9 Å². The fraction of sp³-hybridized carbons (Fsp3) is 0.636. The van der Waals surface area contributed by atoms with E-state index in [1.54, 1.807) is 0 Å². The Hall–Kier alpha value is -6.96. The third-order valence-electron chi connectivity index (χ3n) is 11.4. The summed E-state index contributed by atoms with van der Waals surface area (Å²) >= 11 is 0. The van der Waals surface area contributed by atoms with Gasteiger partial charge in [0.1, 0.15) is 41.6 Å². The lowest BCUT2D eigenvalue weighted by molar-refractivity contribution is -0.137. The van der Waals surface area contributed by atoms with Crippen LogP contribution in [0.3, 0.4) is 0 Å². The molecule has 0 bridgehead atoms. The SMILES string of the molecule is C[C@@H](O)[C@H](NC(=O)[C@@H](NC(=O)[C@@H](N)CCCCN)[C@@H](O)CN)C(=O)NCC(=O)N=C(CCCN)C(=O)N1CCC[C@H]1C(=O)N[C@@H](Cc1cnc[nH]1)C(=O)N[C@@H](CCCCN)C(=O)N/C(=C\CCN=C(N)N)C(=O)O. The first-order chi connectivity index (χ1) is 35.2. The number of carboxylic acids is 1. The number of aliphatic imine (C=N–C) groups is 2. The minimum atomic E-state index is -1.73. The van der Waals surface area contributed by atoms with Gasteiger partial charge in [-0.05, 0) is 90.8 Å². The fourth-order valence-corrected chi connectivity index (χ4v) is 7.35. The summed E-state index contributed by atoms with van der Waals surface area (Å²) in [7, 11) is 0. The second-order valence-electron chi connectivity index (χ2n) is 17.3. The summed E-state index contributed by atoms with van der Waals surface area (Å²) in [6.07, 6.45) is 3.28. The lowest BCUT2D eigenvalue weighted by Gasteiger charge is -2.28. The lowest BCUT2D eigenvalue weighted by Crippen LogP contribution is -2.62. The van der Waals surface area contributed by atoms with E-state index in [9.17, 15) is 58.5 Å². The van der Waals surface area contributed by atoms with Gasteiger partial charge in [-0.3, -0.25) is 43.3 Å². The van der Waals surface area contributed by atoms with Gasteiger partial charge >= 0.3 is 5.97 Å². The molecule has 30 heteroatoms. The molecule has 2 rings (SSSR count). The number of imidazole rings is 1. The molecule has 1 aliphatic rings. The predicted octanol–water partition coefficient (Wildman–Crippen LogP) is -7.26. The highest BCUT2D eigenvalue weighted by Crippen LogP contribution is 2.20. The molecule has 0 radical (unpaired) electrons. The van der Waals surface area contributed by atoms with Crippen molar-refractivity contribution in [2.75, 3.05) is 45.8 Å². The van der Waals surface area contributed by atoms with Crippen LogP contribution in [0.2, 0.25) is 0 Å². The standard InChI is InChI=1S/C44H76N18O12/c1-24(63)34(60-41(71)35(32(64)20-48)61-36(66)26(49)9-2-4-14-45)40(70)54-22-33(65)56-28(11-6-16-47)42(72)62-18-8-13-31(62)39(69)59-30(19-25-21-52-23-55-25)38(68)57-27(10-3-5-15-46)37(67)58-29(43(73)74)12-7-17-53-44(50)51/h12,21,23-24,26-27,30-32,34-35,63-64H,2-11,13-20,22,45-49H2,1H3,(H,52,55)(H,54,70)(H,57,68)(H,58,67)(H,59,69)(H,60,71)(H,61,66)(H,73,74)(H4,50,51,53)/b29-12-,56-28?/t24-,26+,27+,30+,31+,32+,34+,35+/m1/s1. The van der Waals surface area contributed by atoms with Gasteiger partial charge in [0, 0.05) is 37.9 Å². The number of nitrogens with two attached hydrogens (primary N) is 7. The number of guanidine groups is 1. The molecule has 24 N–H and O–H groups in total. The number of aromatic amines is 1. The van der Waals surface area contributed by atoms with Crippen LogP contribution in [-0.4, -0.2) is 189 Å². The summed E-state index contributed by atoms with van der Waals surface area (Å²) in [5.41, 5.74) is 38.6. The van der Waals surface area contributed by atoms with Crippen LogP contribution in [0, 0.1) is 0 Å². The number of aliphatic hydroxyl groups excluding tert-OH is 2. The van der Waals surface area contributed by atoms with Gasteiger partial charge < -0.3 is 97.2 Å². The van der Waals surface area contributed by atoms with Crippen LogP contribution in [-0.2, 0) is 49.6 Å². The summed E-state index contributed by atoms with van der Waals surface area (Å²) in [6, 6.07) is -8.36. The van der Waals surface area contributed by atoms with Gasteiger partial charge in [0.15, 0.2) is 5.96 Å². The van der Waals surface area contributed by atoms with Crippen LogP contribution >= 0.6 is 0 Å². The molecule has 8 amide bonds. The number of nitrogens with one attached hydrogen (secondary N) is 7. The zero-order valence-corrected chi connectivity index (χ0v) is 41.6. The Kier molecular flexibility index (Phi) is 28.8. The molecule has 1 saturated heterocycles. The number of likely N-dealkylation sites (tertiary alicyclic amines) is 1. The van der Waals surface area contributed by atoms with Crippen molar-refractivity contribution in [3.63, 3.8) is 0 Å². The summed E-state index contributed by atoms with van der Waals surface area (Å²) in [5.74, 6) is -9.00. The van der Waals surface area contributed by atoms with Gasteiger partial charge in [0.2, 0.25) is 35.4 Å². The first-order valence-electron chi connectivity index (χ1n) is 24.3. The molecule has 30 nitrogen and oxygen atoms in total. The van der Waals surface area contributed by atoms with Gasteiger partial charge in [0.25, 0.3) is 11.8 Å². The Balaban J connectivity index is 2.30. The van der Waals surface area contributed by atoms with Gasteiger partial charge in [0.05, 0.1) is 31.1 Å². The third-order valence-corrected chi connectivity index (χ3v) is 11.4. The number of amides is 8. The molecule has 1 aliphatic heterocycles. The first kappa shape index (κ1) is 63.2. The number of carbonyl (C=O) groups is 9. The highest BCUT2D eigenvalue weighted by atomic mass is 16.4. The molecule has 8 atom stereocenters. The topological polar surface area (TPSA) is 525 Å². The molecule has 1 aromatic rings. The molecule has 0 spiro atoms. The Labute approximate surface area is 427 Å². The van der Waals surface area contributed by atoms with Gasteiger partial charge in [-0.15, -0.1) is 0 Å². The van der Waals surface area contributed by atoms with Crippen LogP contribution in [0.5, 0.6) is 0 Å². The van der Waals surface area contributed by atoms with Crippen LogP contribution in [0.25, 0.3) is 0 Å². The van der Waals surface area contributed by atoms with Crippen LogP contribution in [0.4, 0.5) is 0 Å². The van der Waals surface area contributed by atoms with E-state index in [1.165, 1.54) is 23.5 Å². The van der Waals surface area contributed by atoms with Crippen molar-refractivity contribution in [2.45, 2.75) is 132 Å². The molecule has 1 fully saturated rings. The maximum absolute atomic E-state index is 14.1. The maximum Gasteiger partial charge on any atom is 0.352 e. The molecule has 1 aromatic heterocycles. The Morgan fingerprint density at radius 3 is 2.09 bits per heavy atom. The fourth-order valence-electron chi connectivity index (χ4n) is 7.35. The number of carbonyl (C=O) groups excluding carboxylic acids is 8. The molecule has 0 aliphatic carbocycles. The normalized spacial score (nSPS) is 16.5. The molecule has 414 valence electrons. The summed E-state index contributed by atoms with van der Waals surface area (Å²) < 4.78 is 0.